The van der Waals surface area contributed by atoms with Crippen LogP contribution in [0.15, 0.2) is 18.3 Å². The smallest absolute Gasteiger partial charge is 0.275 e. The molecular formula is C11H12N6O2. The summed E-state index contributed by atoms with van der Waals surface area (Å²) in [7, 11) is 0. The number of carbonyl (C=O) groups is 1. The minimum absolute atomic E-state index is 0.133. The number of nitriles is 1. The molecule has 8 heteroatoms. The van der Waals surface area contributed by atoms with Gasteiger partial charge in [0.05, 0.1) is 12.7 Å². The van der Waals surface area contributed by atoms with Crippen LogP contribution in [0.5, 0.6) is 5.88 Å². The van der Waals surface area contributed by atoms with Crippen LogP contribution in [0, 0.1) is 11.3 Å². The predicted molar refractivity (Wildman–Crippen MR) is 65.5 cm³/mol. The maximum atomic E-state index is 11.8. The highest BCUT2D eigenvalue weighted by Crippen LogP contribution is 2.10. The molecule has 19 heavy (non-hydrogen) atoms. The Morgan fingerprint density at radius 1 is 1.68 bits per heavy atom. The van der Waals surface area contributed by atoms with Gasteiger partial charge in [-0.1, -0.05) is 0 Å². The van der Waals surface area contributed by atoms with E-state index in [9.17, 15) is 4.79 Å². The van der Waals surface area contributed by atoms with Crippen molar-refractivity contribution in [1.29, 1.82) is 5.26 Å². The fourth-order valence-corrected chi connectivity index (χ4v) is 1.41. The fourth-order valence-electron chi connectivity index (χ4n) is 1.41. The Morgan fingerprint density at radius 3 is 3.26 bits per heavy atom. The van der Waals surface area contributed by atoms with Crippen LogP contribution in [0.3, 0.4) is 0 Å². The summed E-state index contributed by atoms with van der Waals surface area (Å²) >= 11 is 0. The van der Waals surface area contributed by atoms with Crippen LogP contribution in [-0.4, -0.2) is 32.5 Å². The van der Waals surface area contributed by atoms with E-state index in [1.54, 1.807) is 12.3 Å². The molecule has 2 N–H and O–H groups in total. The first-order chi connectivity index (χ1) is 9.22. The SMILES string of the molecule is CCOc1cc(C(=O)Nc2ccn(CC#N)n2)[nH]n1. The van der Waals surface area contributed by atoms with Gasteiger partial charge in [-0.25, -0.2) is 0 Å². The number of aromatic amines is 1. The maximum Gasteiger partial charge on any atom is 0.275 e. The minimum Gasteiger partial charge on any atom is -0.477 e. The quantitative estimate of drug-likeness (QED) is 0.825. The van der Waals surface area contributed by atoms with Gasteiger partial charge in [0, 0.05) is 18.3 Å². The summed E-state index contributed by atoms with van der Waals surface area (Å²) in [6.07, 6.45) is 1.61. The molecule has 0 aliphatic rings. The number of amides is 1. The molecular weight excluding hydrogens is 248 g/mol. The molecule has 0 atom stereocenters. The normalized spacial score (nSPS) is 9.89. The van der Waals surface area contributed by atoms with Crippen LogP contribution < -0.4 is 10.1 Å². The van der Waals surface area contributed by atoms with Crippen molar-refractivity contribution in [2.45, 2.75) is 13.5 Å². The number of hydrogen-bond acceptors (Lipinski definition) is 5. The van der Waals surface area contributed by atoms with Crippen LogP contribution in [0.1, 0.15) is 17.4 Å². The molecule has 0 radical (unpaired) electrons. The van der Waals surface area contributed by atoms with Crippen molar-refractivity contribution < 1.29 is 9.53 Å². The Labute approximate surface area is 109 Å². The average molecular weight is 260 g/mol. The lowest BCUT2D eigenvalue weighted by atomic mass is 10.4. The zero-order valence-corrected chi connectivity index (χ0v) is 10.3. The molecule has 2 aromatic rings. The van der Waals surface area contributed by atoms with E-state index in [1.807, 2.05) is 13.0 Å². The van der Waals surface area contributed by atoms with Crippen LogP contribution in [0.2, 0.25) is 0 Å². The Hall–Kier alpha value is -2.82. The zero-order valence-electron chi connectivity index (χ0n) is 10.3. The van der Waals surface area contributed by atoms with E-state index in [1.165, 1.54) is 10.7 Å². The van der Waals surface area contributed by atoms with E-state index < -0.39 is 0 Å². The van der Waals surface area contributed by atoms with Gasteiger partial charge in [-0.15, -0.1) is 5.10 Å². The van der Waals surface area contributed by atoms with Gasteiger partial charge < -0.3 is 10.1 Å². The Bertz CT molecular complexity index is 609. The lowest BCUT2D eigenvalue weighted by Crippen LogP contribution is -2.13. The number of nitrogens with zero attached hydrogens (tertiary/aromatic N) is 4. The van der Waals surface area contributed by atoms with E-state index in [-0.39, 0.29) is 18.1 Å². The molecule has 0 aliphatic heterocycles. The maximum absolute atomic E-state index is 11.8. The second kappa shape index (κ2) is 5.68. The Morgan fingerprint density at radius 2 is 2.53 bits per heavy atom. The molecule has 0 saturated heterocycles. The van der Waals surface area contributed by atoms with Crippen molar-refractivity contribution in [3.63, 3.8) is 0 Å². The van der Waals surface area contributed by atoms with Gasteiger partial charge in [0.15, 0.2) is 5.82 Å². The highest BCUT2D eigenvalue weighted by Gasteiger charge is 2.11. The number of nitrogens with one attached hydrogen (secondary N) is 2. The first-order valence-electron chi connectivity index (χ1n) is 5.63. The van der Waals surface area contributed by atoms with Crippen molar-refractivity contribution in [2.24, 2.45) is 0 Å². The summed E-state index contributed by atoms with van der Waals surface area (Å²) in [5.74, 6) is 0.358. The molecule has 98 valence electrons. The van der Waals surface area contributed by atoms with Crippen LogP contribution in [0.4, 0.5) is 5.82 Å². The third-order valence-electron chi connectivity index (χ3n) is 2.21. The summed E-state index contributed by atoms with van der Waals surface area (Å²) in [5.41, 5.74) is 0.276. The van der Waals surface area contributed by atoms with Gasteiger partial charge in [-0.2, -0.15) is 10.4 Å². The highest BCUT2D eigenvalue weighted by molar-refractivity contribution is 6.02. The van der Waals surface area contributed by atoms with E-state index in [0.717, 1.165) is 0 Å². The second-order valence-corrected chi connectivity index (χ2v) is 3.56. The van der Waals surface area contributed by atoms with Crippen molar-refractivity contribution in [2.75, 3.05) is 11.9 Å². The number of ether oxygens (including phenoxy) is 1. The van der Waals surface area contributed by atoms with Crippen molar-refractivity contribution >= 4 is 11.7 Å². The lowest BCUT2D eigenvalue weighted by Gasteiger charge is -1.98. The standard InChI is InChI=1S/C11H12N6O2/c1-2-19-10-7-8(14-15-10)11(18)13-9-3-5-17(16-9)6-4-12/h3,5,7H,2,6H2,1H3,(H,14,15)(H,13,16,18). The summed E-state index contributed by atoms with van der Waals surface area (Å²) < 4.78 is 6.57. The monoisotopic (exact) mass is 260 g/mol. The molecule has 1 amide bonds. The van der Waals surface area contributed by atoms with Gasteiger partial charge in [0.25, 0.3) is 5.91 Å². The van der Waals surface area contributed by atoms with Crippen molar-refractivity contribution in [3.8, 4) is 11.9 Å². The zero-order chi connectivity index (χ0) is 13.7. The Kier molecular flexibility index (Phi) is 3.78. The highest BCUT2D eigenvalue weighted by atomic mass is 16.5. The molecule has 0 fully saturated rings. The van der Waals surface area contributed by atoms with Crippen molar-refractivity contribution in [3.05, 3.63) is 24.0 Å². The van der Waals surface area contributed by atoms with Crippen LogP contribution >= 0.6 is 0 Å². The largest absolute Gasteiger partial charge is 0.477 e. The number of rotatable bonds is 5. The number of hydrogen-bond donors (Lipinski definition) is 2. The first kappa shape index (κ1) is 12.6. The molecule has 0 saturated carbocycles. The summed E-state index contributed by atoms with van der Waals surface area (Å²) in [6.45, 7) is 2.44. The molecule has 2 aromatic heterocycles. The lowest BCUT2D eigenvalue weighted by molar-refractivity contribution is 0.102. The van der Waals surface area contributed by atoms with Gasteiger partial charge in [-0.05, 0) is 6.92 Å². The van der Waals surface area contributed by atoms with Crippen LogP contribution in [-0.2, 0) is 6.54 Å². The van der Waals surface area contributed by atoms with Crippen LogP contribution in [0.25, 0.3) is 0 Å². The summed E-state index contributed by atoms with van der Waals surface area (Å²) in [5, 5.41) is 21.5. The molecule has 0 spiro atoms. The fraction of sp³-hybridized carbons (Fsp3) is 0.273. The molecule has 0 bridgehead atoms. The first-order valence-corrected chi connectivity index (χ1v) is 5.63. The molecule has 2 rings (SSSR count). The number of anilines is 1. The topological polar surface area (TPSA) is 109 Å². The molecule has 2 heterocycles. The minimum atomic E-state index is -0.374. The predicted octanol–water partition coefficient (Wildman–Crippen LogP) is 0.781. The Balaban J connectivity index is 2.01. The van der Waals surface area contributed by atoms with Gasteiger partial charge >= 0.3 is 0 Å². The third-order valence-corrected chi connectivity index (χ3v) is 2.21. The summed E-state index contributed by atoms with van der Waals surface area (Å²) in [6, 6.07) is 5.07. The van der Waals surface area contributed by atoms with E-state index >= 15 is 0 Å². The second-order valence-electron chi connectivity index (χ2n) is 3.56. The molecule has 8 nitrogen and oxygen atoms in total. The van der Waals surface area contributed by atoms with Gasteiger partial charge in [-0.3, -0.25) is 14.6 Å². The molecule has 0 unspecified atom stereocenters. The number of H-pyrrole nitrogens is 1. The average Bonchev–Trinajstić information content (AvgIpc) is 3.00. The number of carbonyl (C=O) groups excluding carboxylic acids is 1. The van der Waals surface area contributed by atoms with Crippen molar-refractivity contribution in [1.82, 2.24) is 20.0 Å². The molecule has 0 aliphatic carbocycles. The van der Waals surface area contributed by atoms with Gasteiger partial charge in [0.2, 0.25) is 5.88 Å². The van der Waals surface area contributed by atoms with E-state index in [2.05, 4.69) is 20.6 Å². The number of aromatic nitrogens is 4. The summed E-state index contributed by atoms with van der Waals surface area (Å²) in [4.78, 5) is 11.8. The molecule has 0 aromatic carbocycles. The third kappa shape index (κ3) is 3.10. The van der Waals surface area contributed by atoms with E-state index in [0.29, 0.717) is 18.3 Å². The van der Waals surface area contributed by atoms with E-state index in [4.69, 9.17) is 10.00 Å². The van der Waals surface area contributed by atoms with Gasteiger partial charge in [0.1, 0.15) is 12.2 Å².